The Morgan fingerprint density at radius 3 is 2.92 bits per heavy atom. The third kappa shape index (κ3) is 1.53. The summed E-state index contributed by atoms with van der Waals surface area (Å²) < 4.78 is 1.29. The van der Waals surface area contributed by atoms with Crippen LogP contribution in [0.2, 0.25) is 0 Å². The van der Waals surface area contributed by atoms with Crippen molar-refractivity contribution < 1.29 is 0 Å². The number of hydrogen-bond acceptors (Lipinski definition) is 1. The first-order valence-corrected chi connectivity index (χ1v) is 5.12. The molecule has 2 rings (SSSR count). The van der Waals surface area contributed by atoms with Gasteiger partial charge in [-0.3, -0.25) is 4.99 Å². The molecule has 0 saturated heterocycles. The lowest BCUT2D eigenvalue weighted by molar-refractivity contribution is 0.679. The van der Waals surface area contributed by atoms with Gasteiger partial charge < -0.3 is 0 Å². The zero-order valence-electron chi connectivity index (χ0n) is 6.87. The molecule has 1 heterocycles. The van der Waals surface area contributed by atoms with Gasteiger partial charge in [0.15, 0.2) is 0 Å². The summed E-state index contributed by atoms with van der Waals surface area (Å²) in [4.78, 5) is 4.55. The normalized spacial score (nSPS) is 32.5. The Labute approximate surface area is 86.1 Å². The van der Waals surface area contributed by atoms with Crippen LogP contribution >= 0.6 is 22.6 Å². The Kier molecular flexibility index (Phi) is 2.17. The number of fused-ring (bicyclic) bond motifs is 1. The zero-order valence-corrected chi connectivity index (χ0v) is 9.02. The Balaban J connectivity index is 2.30. The van der Waals surface area contributed by atoms with Crippen molar-refractivity contribution in [1.82, 2.24) is 0 Å². The minimum absolute atomic E-state index is 0.354. The molecular formula is C10H10IN. The summed E-state index contributed by atoms with van der Waals surface area (Å²) in [5.74, 6) is 0.493. The van der Waals surface area contributed by atoms with Gasteiger partial charge in [0, 0.05) is 15.2 Å². The van der Waals surface area contributed by atoms with Crippen molar-refractivity contribution in [3.8, 4) is 0 Å². The minimum atomic E-state index is 0.354. The molecule has 0 fully saturated rings. The number of hydrogen-bond donors (Lipinski definition) is 0. The van der Waals surface area contributed by atoms with Gasteiger partial charge in [-0.1, -0.05) is 18.2 Å². The Bertz CT molecular complexity index is 280. The van der Waals surface area contributed by atoms with Crippen LogP contribution in [0.5, 0.6) is 0 Å². The smallest absolute Gasteiger partial charge is 0.0793 e. The van der Waals surface area contributed by atoms with E-state index in [1.165, 1.54) is 3.58 Å². The van der Waals surface area contributed by atoms with E-state index in [-0.39, 0.29) is 0 Å². The lowest BCUT2D eigenvalue weighted by Gasteiger charge is -2.22. The maximum absolute atomic E-state index is 4.55. The molecule has 0 aromatic carbocycles. The molecule has 0 radical (unpaired) electrons. The Hall–Kier alpha value is -0.380. The van der Waals surface area contributed by atoms with E-state index in [4.69, 9.17) is 0 Å². The van der Waals surface area contributed by atoms with Gasteiger partial charge in [0.05, 0.1) is 6.04 Å². The van der Waals surface area contributed by atoms with Gasteiger partial charge >= 0.3 is 0 Å². The quantitative estimate of drug-likeness (QED) is 0.601. The summed E-state index contributed by atoms with van der Waals surface area (Å²) in [6.07, 6.45) is 10.9. The number of nitrogens with zero attached hydrogens (tertiary/aromatic N) is 1. The van der Waals surface area contributed by atoms with Crippen LogP contribution in [0, 0.1) is 5.92 Å². The monoisotopic (exact) mass is 271 g/mol. The second kappa shape index (κ2) is 3.17. The Morgan fingerprint density at radius 1 is 1.33 bits per heavy atom. The fourth-order valence-corrected chi connectivity index (χ4v) is 2.05. The highest BCUT2D eigenvalue weighted by Gasteiger charge is 2.19. The SMILES string of the molecule is CC1=NC2C=C(I)C=CC2C=C1. The molecule has 0 N–H and O–H groups in total. The van der Waals surface area contributed by atoms with Crippen LogP contribution in [0.3, 0.4) is 0 Å². The molecule has 1 aliphatic heterocycles. The van der Waals surface area contributed by atoms with Crippen molar-refractivity contribution in [3.05, 3.63) is 34.0 Å². The van der Waals surface area contributed by atoms with Crippen molar-refractivity contribution >= 4 is 28.3 Å². The number of aliphatic imine (C=N–C) groups is 1. The van der Waals surface area contributed by atoms with E-state index in [1.807, 2.05) is 6.92 Å². The van der Waals surface area contributed by atoms with Crippen LogP contribution in [0.4, 0.5) is 0 Å². The lowest BCUT2D eigenvalue weighted by Crippen LogP contribution is -2.19. The fourth-order valence-electron chi connectivity index (χ4n) is 1.48. The predicted molar refractivity (Wildman–Crippen MR) is 60.8 cm³/mol. The zero-order chi connectivity index (χ0) is 8.55. The van der Waals surface area contributed by atoms with E-state index in [2.05, 4.69) is 58.0 Å². The predicted octanol–water partition coefficient (Wildman–Crippen LogP) is 2.89. The molecule has 0 amide bonds. The third-order valence-electron chi connectivity index (χ3n) is 2.11. The van der Waals surface area contributed by atoms with Gasteiger partial charge in [-0.15, -0.1) is 0 Å². The number of allylic oxidation sites excluding steroid dienone is 3. The van der Waals surface area contributed by atoms with Crippen LogP contribution in [0.25, 0.3) is 0 Å². The minimum Gasteiger partial charge on any atom is -0.282 e. The molecule has 2 atom stereocenters. The maximum Gasteiger partial charge on any atom is 0.0793 e. The molecule has 62 valence electrons. The number of dihydropyridines is 1. The van der Waals surface area contributed by atoms with Gasteiger partial charge in [0.2, 0.25) is 0 Å². The highest BCUT2D eigenvalue weighted by atomic mass is 127. The van der Waals surface area contributed by atoms with E-state index in [0.717, 1.165) is 5.71 Å². The van der Waals surface area contributed by atoms with Gasteiger partial charge in [-0.25, -0.2) is 0 Å². The van der Waals surface area contributed by atoms with Crippen LogP contribution in [0.1, 0.15) is 6.92 Å². The molecule has 2 aliphatic rings. The highest BCUT2D eigenvalue weighted by molar-refractivity contribution is 14.1. The van der Waals surface area contributed by atoms with E-state index in [1.54, 1.807) is 0 Å². The largest absolute Gasteiger partial charge is 0.282 e. The van der Waals surface area contributed by atoms with Crippen molar-refractivity contribution in [2.75, 3.05) is 0 Å². The van der Waals surface area contributed by atoms with Crippen LogP contribution < -0.4 is 0 Å². The first kappa shape index (κ1) is 8.23. The molecule has 2 unspecified atom stereocenters. The van der Waals surface area contributed by atoms with Crippen LogP contribution in [-0.4, -0.2) is 11.8 Å². The molecule has 1 nitrogen and oxygen atoms in total. The third-order valence-corrected chi connectivity index (χ3v) is 2.83. The van der Waals surface area contributed by atoms with E-state index < -0.39 is 0 Å². The summed E-state index contributed by atoms with van der Waals surface area (Å²) in [6, 6.07) is 0.354. The molecule has 12 heavy (non-hydrogen) atoms. The number of rotatable bonds is 0. The molecule has 0 bridgehead atoms. The number of halogens is 1. The van der Waals surface area contributed by atoms with E-state index in [0.29, 0.717) is 12.0 Å². The fraction of sp³-hybridized carbons (Fsp3) is 0.300. The summed E-state index contributed by atoms with van der Waals surface area (Å²) in [6.45, 7) is 2.05. The molecule has 2 heteroatoms. The molecule has 1 aliphatic carbocycles. The topological polar surface area (TPSA) is 12.4 Å². The second-order valence-electron chi connectivity index (χ2n) is 3.11. The van der Waals surface area contributed by atoms with Gasteiger partial charge in [0.1, 0.15) is 0 Å². The van der Waals surface area contributed by atoms with Crippen molar-refractivity contribution in [2.24, 2.45) is 10.9 Å². The van der Waals surface area contributed by atoms with E-state index >= 15 is 0 Å². The summed E-state index contributed by atoms with van der Waals surface area (Å²) >= 11 is 2.33. The van der Waals surface area contributed by atoms with Crippen molar-refractivity contribution in [2.45, 2.75) is 13.0 Å². The second-order valence-corrected chi connectivity index (χ2v) is 4.35. The first-order valence-electron chi connectivity index (χ1n) is 4.04. The van der Waals surface area contributed by atoms with Crippen LogP contribution in [-0.2, 0) is 0 Å². The maximum atomic E-state index is 4.55. The molecule has 0 aromatic heterocycles. The van der Waals surface area contributed by atoms with Gasteiger partial charge in [0.25, 0.3) is 0 Å². The average molecular weight is 271 g/mol. The first-order chi connectivity index (χ1) is 5.75. The molecular weight excluding hydrogens is 261 g/mol. The standard InChI is InChI=1S/C10H10IN/c1-7-2-3-8-4-5-9(11)6-10(8)12-7/h2-6,8,10H,1H3. The van der Waals surface area contributed by atoms with Gasteiger partial charge in [-0.05, 0) is 41.7 Å². The molecule has 0 aromatic rings. The molecule has 0 spiro atoms. The Morgan fingerprint density at radius 2 is 2.08 bits per heavy atom. The van der Waals surface area contributed by atoms with Crippen molar-refractivity contribution in [1.29, 1.82) is 0 Å². The van der Waals surface area contributed by atoms with Crippen molar-refractivity contribution in [3.63, 3.8) is 0 Å². The van der Waals surface area contributed by atoms with E-state index in [9.17, 15) is 0 Å². The molecule has 0 saturated carbocycles. The van der Waals surface area contributed by atoms with Gasteiger partial charge in [-0.2, -0.15) is 0 Å². The summed E-state index contributed by atoms with van der Waals surface area (Å²) in [5, 5.41) is 0. The highest BCUT2D eigenvalue weighted by Crippen LogP contribution is 2.26. The summed E-state index contributed by atoms with van der Waals surface area (Å²) in [5.41, 5.74) is 1.13. The summed E-state index contributed by atoms with van der Waals surface area (Å²) in [7, 11) is 0. The van der Waals surface area contributed by atoms with Crippen LogP contribution in [0.15, 0.2) is 39.0 Å². The lowest BCUT2D eigenvalue weighted by atomic mass is 9.93. The average Bonchev–Trinajstić information content (AvgIpc) is 2.03.